The first kappa shape index (κ1) is 15.5. The summed E-state index contributed by atoms with van der Waals surface area (Å²) >= 11 is 0. The Morgan fingerprint density at radius 1 is 1.53 bits per heavy atom. The number of amides is 1. The molecule has 0 spiro atoms. The molecule has 1 amide bonds. The summed E-state index contributed by atoms with van der Waals surface area (Å²) in [4.78, 5) is 15.5. The minimum atomic E-state index is -0.476. The van der Waals surface area contributed by atoms with Crippen LogP contribution >= 0.6 is 0 Å². The zero-order valence-corrected chi connectivity index (χ0v) is 12.2. The van der Waals surface area contributed by atoms with Crippen molar-refractivity contribution in [3.05, 3.63) is 17.8 Å². The highest BCUT2D eigenvalue weighted by Gasteiger charge is 2.16. The largest absolute Gasteiger partial charge is 0.445 e. The zero-order valence-electron chi connectivity index (χ0n) is 12.2. The second kappa shape index (κ2) is 6.56. The van der Waals surface area contributed by atoms with Crippen LogP contribution in [0.5, 0.6) is 0 Å². The highest BCUT2D eigenvalue weighted by molar-refractivity contribution is 5.67. The molecule has 6 heteroatoms. The monoisotopic (exact) mass is 269 g/mol. The van der Waals surface area contributed by atoms with Gasteiger partial charge in [0.15, 0.2) is 0 Å². The van der Waals surface area contributed by atoms with Crippen LogP contribution in [0.2, 0.25) is 0 Å². The van der Waals surface area contributed by atoms with Crippen LogP contribution in [0.25, 0.3) is 0 Å². The Labute approximate surface area is 113 Å². The summed E-state index contributed by atoms with van der Waals surface area (Å²) in [6.45, 7) is 10.3. The van der Waals surface area contributed by atoms with Crippen molar-refractivity contribution >= 4 is 6.09 Å². The number of ether oxygens (including phenoxy) is 1. The summed E-state index contributed by atoms with van der Waals surface area (Å²) in [7, 11) is 0. The van der Waals surface area contributed by atoms with Crippen LogP contribution in [0, 0.1) is 6.92 Å². The van der Waals surface area contributed by atoms with Crippen molar-refractivity contribution in [3.8, 4) is 0 Å². The molecular weight excluding hydrogens is 246 g/mol. The second-order valence-corrected chi connectivity index (χ2v) is 5.53. The Hall–Kier alpha value is -1.56. The van der Waals surface area contributed by atoms with Gasteiger partial charge in [0, 0.05) is 12.6 Å². The van der Waals surface area contributed by atoms with Gasteiger partial charge < -0.3 is 19.8 Å². The van der Waals surface area contributed by atoms with E-state index in [1.54, 1.807) is 6.20 Å². The fourth-order valence-electron chi connectivity index (χ4n) is 1.37. The van der Waals surface area contributed by atoms with Gasteiger partial charge in [-0.1, -0.05) is 0 Å². The van der Waals surface area contributed by atoms with Crippen LogP contribution in [-0.4, -0.2) is 29.3 Å². The first-order valence-corrected chi connectivity index (χ1v) is 6.38. The lowest BCUT2D eigenvalue weighted by atomic mass is 10.2. The van der Waals surface area contributed by atoms with Gasteiger partial charge in [0.05, 0.1) is 12.7 Å². The van der Waals surface area contributed by atoms with Crippen molar-refractivity contribution in [1.82, 2.24) is 15.6 Å². The number of aryl methyl sites for hydroxylation is 1. The highest BCUT2D eigenvalue weighted by atomic mass is 16.6. The van der Waals surface area contributed by atoms with Crippen LogP contribution in [0.3, 0.4) is 0 Å². The van der Waals surface area contributed by atoms with Gasteiger partial charge in [0.1, 0.15) is 11.4 Å². The molecule has 19 heavy (non-hydrogen) atoms. The summed E-state index contributed by atoms with van der Waals surface area (Å²) in [5.41, 5.74) is -0.476. The Balaban J connectivity index is 2.21. The van der Waals surface area contributed by atoms with E-state index >= 15 is 0 Å². The quantitative estimate of drug-likeness (QED) is 0.854. The van der Waals surface area contributed by atoms with E-state index in [1.807, 2.05) is 34.6 Å². The number of nitrogens with zero attached hydrogens (tertiary/aromatic N) is 1. The van der Waals surface area contributed by atoms with Crippen molar-refractivity contribution in [2.24, 2.45) is 0 Å². The molecule has 6 nitrogen and oxygen atoms in total. The smallest absolute Gasteiger partial charge is 0.407 e. The lowest BCUT2D eigenvalue weighted by Gasteiger charge is -2.21. The van der Waals surface area contributed by atoms with Crippen LogP contribution in [0.15, 0.2) is 10.6 Å². The van der Waals surface area contributed by atoms with Crippen molar-refractivity contribution in [2.75, 3.05) is 6.54 Å². The van der Waals surface area contributed by atoms with Crippen LogP contribution in [-0.2, 0) is 11.3 Å². The third-order valence-corrected chi connectivity index (χ3v) is 2.22. The Kier molecular flexibility index (Phi) is 5.35. The standard InChI is InChI=1S/C13H23N3O3/c1-9(6-16-12(17)19-13(3,4)5)14-8-11-15-7-10(2)18-11/h7,9,14H,6,8H2,1-5H3,(H,16,17). The first-order valence-electron chi connectivity index (χ1n) is 6.38. The lowest BCUT2D eigenvalue weighted by Crippen LogP contribution is -2.41. The van der Waals surface area contributed by atoms with Gasteiger partial charge >= 0.3 is 6.09 Å². The molecule has 108 valence electrons. The van der Waals surface area contributed by atoms with Gasteiger partial charge in [0.25, 0.3) is 0 Å². The number of aromatic nitrogens is 1. The summed E-state index contributed by atoms with van der Waals surface area (Å²) in [5, 5.41) is 5.91. The summed E-state index contributed by atoms with van der Waals surface area (Å²) < 4.78 is 10.5. The molecule has 1 rings (SSSR count). The average Bonchev–Trinajstić information content (AvgIpc) is 2.67. The van der Waals surface area contributed by atoms with Crippen LogP contribution < -0.4 is 10.6 Å². The van der Waals surface area contributed by atoms with Gasteiger partial charge in [-0.25, -0.2) is 9.78 Å². The molecule has 1 unspecified atom stereocenters. The van der Waals surface area contributed by atoms with E-state index < -0.39 is 11.7 Å². The zero-order chi connectivity index (χ0) is 14.5. The predicted molar refractivity (Wildman–Crippen MR) is 71.8 cm³/mol. The first-order chi connectivity index (χ1) is 8.76. The molecule has 1 aromatic heterocycles. The Morgan fingerprint density at radius 3 is 2.74 bits per heavy atom. The van der Waals surface area contributed by atoms with Gasteiger partial charge in [0.2, 0.25) is 5.89 Å². The van der Waals surface area contributed by atoms with Gasteiger partial charge in [-0.3, -0.25) is 0 Å². The Bertz CT molecular complexity index is 410. The number of rotatable bonds is 5. The van der Waals surface area contributed by atoms with E-state index in [-0.39, 0.29) is 6.04 Å². The summed E-state index contributed by atoms with van der Waals surface area (Å²) in [5.74, 6) is 1.43. The molecule has 0 aliphatic carbocycles. The van der Waals surface area contributed by atoms with Crippen LogP contribution in [0.1, 0.15) is 39.3 Å². The molecule has 0 aliphatic heterocycles. The van der Waals surface area contributed by atoms with Gasteiger partial charge in [-0.15, -0.1) is 0 Å². The van der Waals surface area contributed by atoms with Gasteiger partial charge in [-0.2, -0.15) is 0 Å². The normalized spacial score (nSPS) is 13.1. The molecule has 1 aromatic rings. The molecule has 0 saturated carbocycles. The minimum absolute atomic E-state index is 0.0970. The predicted octanol–water partition coefficient (Wildman–Crippen LogP) is 1.99. The van der Waals surface area contributed by atoms with E-state index in [0.717, 1.165) is 5.76 Å². The van der Waals surface area contributed by atoms with E-state index in [4.69, 9.17) is 9.15 Å². The third-order valence-electron chi connectivity index (χ3n) is 2.22. The molecule has 0 saturated heterocycles. The molecule has 0 fully saturated rings. The maximum absolute atomic E-state index is 11.4. The number of hydrogen-bond donors (Lipinski definition) is 2. The minimum Gasteiger partial charge on any atom is -0.445 e. The van der Waals surface area contributed by atoms with E-state index in [0.29, 0.717) is 19.0 Å². The Morgan fingerprint density at radius 2 is 2.21 bits per heavy atom. The molecule has 2 N–H and O–H groups in total. The molecule has 0 radical (unpaired) electrons. The number of alkyl carbamates (subject to hydrolysis) is 1. The maximum atomic E-state index is 11.4. The van der Waals surface area contributed by atoms with E-state index in [1.165, 1.54) is 0 Å². The average molecular weight is 269 g/mol. The van der Waals surface area contributed by atoms with Crippen molar-refractivity contribution in [3.63, 3.8) is 0 Å². The molecule has 0 bridgehead atoms. The van der Waals surface area contributed by atoms with Crippen molar-refractivity contribution < 1.29 is 13.9 Å². The summed E-state index contributed by atoms with van der Waals surface area (Å²) in [6.07, 6.45) is 1.27. The molecule has 0 aliphatic rings. The topological polar surface area (TPSA) is 76.4 Å². The number of oxazole rings is 1. The second-order valence-electron chi connectivity index (χ2n) is 5.53. The molecular formula is C13H23N3O3. The van der Waals surface area contributed by atoms with Gasteiger partial charge in [-0.05, 0) is 34.6 Å². The summed E-state index contributed by atoms with van der Waals surface area (Å²) in [6, 6.07) is 0.0970. The number of carbonyl (C=O) groups is 1. The SMILES string of the molecule is Cc1cnc(CNC(C)CNC(=O)OC(C)(C)C)o1. The molecule has 1 heterocycles. The van der Waals surface area contributed by atoms with E-state index in [9.17, 15) is 4.79 Å². The number of hydrogen-bond acceptors (Lipinski definition) is 5. The number of nitrogens with one attached hydrogen (secondary N) is 2. The van der Waals surface area contributed by atoms with Crippen LogP contribution in [0.4, 0.5) is 4.79 Å². The third kappa shape index (κ3) is 6.81. The fourth-order valence-corrected chi connectivity index (χ4v) is 1.37. The fraction of sp³-hybridized carbons (Fsp3) is 0.692. The number of carbonyl (C=O) groups excluding carboxylic acids is 1. The molecule has 1 atom stereocenters. The lowest BCUT2D eigenvalue weighted by molar-refractivity contribution is 0.0523. The maximum Gasteiger partial charge on any atom is 0.407 e. The molecule has 0 aromatic carbocycles. The van der Waals surface area contributed by atoms with Crippen molar-refractivity contribution in [1.29, 1.82) is 0 Å². The van der Waals surface area contributed by atoms with E-state index in [2.05, 4.69) is 15.6 Å². The highest BCUT2D eigenvalue weighted by Crippen LogP contribution is 2.06. The van der Waals surface area contributed by atoms with Crippen molar-refractivity contribution in [2.45, 2.75) is 52.8 Å².